The van der Waals surface area contributed by atoms with Gasteiger partial charge in [-0.25, -0.2) is 0 Å². The van der Waals surface area contributed by atoms with E-state index in [0.717, 1.165) is 30.0 Å². The van der Waals surface area contributed by atoms with E-state index < -0.39 is 0 Å². The molecule has 0 bridgehead atoms. The summed E-state index contributed by atoms with van der Waals surface area (Å²) >= 11 is 6.21. The van der Waals surface area contributed by atoms with Crippen LogP contribution in [0.3, 0.4) is 0 Å². The van der Waals surface area contributed by atoms with Crippen LogP contribution >= 0.6 is 11.6 Å². The minimum Gasteiger partial charge on any atom is -0.399 e. The highest BCUT2D eigenvalue weighted by Gasteiger charge is 2.11. The molecule has 4 nitrogen and oxygen atoms in total. The Labute approximate surface area is 112 Å². The van der Waals surface area contributed by atoms with E-state index in [-0.39, 0.29) is 0 Å². The Morgan fingerprint density at radius 1 is 1.39 bits per heavy atom. The van der Waals surface area contributed by atoms with E-state index in [0.29, 0.717) is 5.02 Å². The van der Waals surface area contributed by atoms with Crippen LogP contribution < -0.4 is 5.73 Å². The largest absolute Gasteiger partial charge is 0.399 e. The molecule has 18 heavy (non-hydrogen) atoms. The zero-order valence-electron chi connectivity index (χ0n) is 10.6. The lowest BCUT2D eigenvalue weighted by Crippen LogP contribution is -2.19. The molecule has 1 heterocycles. The zero-order valence-corrected chi connectivity index (χ0v) is 11.4. The van der Waals surface area contributed by atoms with Crippen LogP contribution in [0.15, 0.2) is 30.5 Å². The maximum Gasteiger partial charge on any atom is 0.0870 e. The normalized spacial score (nSPS) is 11.1. The first-order chi connectivity index (χ1) is 8.58. The van der Waals surface area contributed by atoms with Crippen molar-refractivity contribution in [2.24, 2.45) is 0 Å². The van der Waals surface area contributed by atoms with Crippen LogP contribution in [0.5, 0.6) is 0 Å². The van der Waals surface area contributed by atoms with Crippen molar-refractivity contribution in [3.05, 3.63) is 35.5 Å². The van der Waals surface area contributed by atoms with Crippen molar-refractivity contribution in [3.8, 4) is 11.3 Å². The van der Waals surface area contributed by atoms with E-state index in [4.69, 9.17) is 17.3 Å². The number of nitrogen functional groups attached to an aromatic ring is 1. The van der Waals surface area contributed by atoms with Crippen molar-refractivity contribution in [1.82, 2.24) is 14.7 Å². The van der Waals surface area contributed by atoms with Crippen LogP contribution in [0, 0.1) is 0 Å². The van der Waals surface area contributed by atoms with Crippen molar-refractivity contribution < 1.29 is 0 Å². The quantitative estimate of drug-likeness (QED) is 0.863. The molecule has 0 aliphatic heterocycles. The van der Waals surface area contributed by atoms with Gasteiger partial charge in [-0.2, -0.15) is 5.10 Å². The van der Waals surface area contributed by atoms with Crippen molar-refractivity contribution >= 4 is 17.3 Å². The molecule has 0 aliphatic rings. The smallest absolute Gasteiger partial charge is 0.0870 e. The number of benzene rings is 1. The summed E-state index contributed by atoms with van der Waals surface area (Å²) in [5.74, 6) is 0. The maximum atomic E-state index is 6.21. The van der Waals surface area contributed by atoms with Crippen molar-refractivity contribution in [3.63, 3.8) is 0 Å². The monoisotopic (exact) mass is 264 g/mol. The summed E-state index contributed by atoms with van der Waals surface area (Å²) < 4.78 is 1.91. The van der Waals surface area contributed by atoms with E-state index >= 15 is 0 Å². The van der Waals surface area contributed by atoms with E-state index in [1.165, 1.54) is 0 Å². The van der Waals surface area contributed by atoms with Gasteiger partial charge in [0.05, 0.1) is 23.5 Å². The summed E-state index contributed by atoms with van der Waals surface area (Å²) in [6.07, 6.45) is 1.68. The fourth-order valence-corrected chi connectivity index (χ4v) is 2.05. The van der Waals surface area contributed by atoms with Gasteiger partial charge >= 0.3 is 0 Å². The number of nitrogens with two attached hydrogens (primary N) is 1. The van der Waals surface area contributed by atoms with Crippen molar-refractivity contribution in [2.75, 3.05) is 26.4 Å². The Hall–Kier alpha value is -1.52. The summed E-state index contributed by atoms with van der Waals surface area (Å²) in [6, 6.07) is 7.68. The first-order valence-electron chi connectivity index (χ1n) is 5.80. The summed E-state index contributed by atoms with van der Waals surface area (Å²) in [5, 5.41) is 4.96. The van der Waals surface area contributed by atoms with Crippen LogP contribution in [0.4, 0.5) is 5.69 Å². The van der Waals surface area contributed by atoms with Gasteiger partial charge in [0.1, 0.15) is 0 Å². The third-order valence-corrected chi connectivity index (χ3v) is 2.99. The first kappa shape index (κ1) is 12.9. The molecule has 2 N–H and O–H groups in total. The topological polar surface area (TPSA) is 47.1 Å². The van der Waals surface area contributed by atoms with Crippen LogP contribution in [-0.4, -0.2) is 35.3 Å². The van der Waals surface area contributed by atoms with Crippen LogP contribution in [-0.2, 0) is 6.54 Å². The Kier molecular flexibility index (Phi) is 3.89. The number of aromatic nitrogens is 2. The Morgan fingerprint density at radius 2 is 2.17 bits per heavy atom. The number of anilines is 1. The van der Waals surface area contributed by atoms with E-state index in [9.17, 15) is 0 Å². The molecular weight excluding hydrogens is 248 g/mol. The minimum atomic E-state index is 0.652. The van der Waals surface area contributed by atoms with Gasteiger partial charge in [0.2, 0.25) is 0 Å². The number of rotatable bonds is 4. The summed E-state index contributed by atoms with van der Waals surface area (Å²) in [5.41, 5.74) is 8.45. The molecule has 0 unspecified atom stereocenters. The Balaban J connectivity index is 2.34. The van der Waals surface area contributed by atoms with Gasteiger partial charge in [0, 0.05) is 17.8 Å². The number of likely N-dealkylation sites (N-methyl/N-ethyl adjacent to an activating group) is 1. The van der Waals surface area contributed by atoms with Crippen LogP contribution in [0.2, 0.25) is 5.02 Å². The lowest BCUT2D eigenvalue weighted by molar-refractivity contribution is 0.374. The highest BCUT2D eigenvalue weighted by atomic mass is 35.5. The molecule has 0 amide bonds. The third kappa shape index (κ3) is 2.83. The van der Waals surface area contributed by atoms with Gasteiger partial charge < -0.3 is 10.6 Å². The average molecular weight is 265 g/mol. The highest BCUT2D eigenvalue weighted by molar-refractivity contribution is 6.33. The standard InChI is InChI=1S/C13H17ClN4/c1-17(2)6-7-18-13(12(14)9-16-18)10-4-3-5-11(15)8-10/h3-5,8-9H,6-7,15H2,1-2H3. The second kappa shape index (κ2) is 5.42. The molecule has 96 valence electrons. The van der Waals surface area contributed by atoms with Crippen molar-refractivity contribution in [1.29, 1.82) is 0 Å². The molecule has 2 aromatic rings. The second-order valence-corrected chi connectivity index (χ2v) is 4.90. The number of nitrogens with zero attached hydrogens (tertiary/aromatic N) is 3. The Bertz CT molecular complexity index is 534. The molecule has 5 heteroatoms. The Morgan fingerprint density at radius 3 is 2.83 bits per heavy atom. The lowest BCUT2D eigenvalue weighted by atomic mass is 10.1. The third-order valence-electron chi connectivity index (χ3n) is 2.71. The molecule has 1 aromatic heterocycles. The molecular formula is C13H17ClN4. The van der Waals surface area contributed by atoms with Gasteiger partial charge in [-0.15, -0.1) is 0 Å². The first-order valence-corrected chi connectivity index (χ1v) is 6.17. The predicted molar refractivity (Wildman–Crippen MR) is 75.6 cm³/mol. The molecule has 0 saturated heterocycles. The summed E-state index contributed by atoms with van der Waals surface area (Å²) in [7, 11) is 4.07. The van der Waals surface area contributed by atoms with Crippen molar-refractivity contribution in [2.45, 2.75) is 6.54 Å². The molecule has 0 aliphatic carbocycles. The molecule has 0 spiro atoms. The fraction of sp³-hybridized carbons (Fsp3) is 0.308. The van der Waals surface area contributed by atoms with E-state index in [2.05, 4.69) is 10.00 Å². The van der Waals surface area contributed by atoms with Crippen LogP contribution in [0.1, 0.15) is 0 Å². The fourth-order valence-electron chi connectivity index (χ4n) is 1.80. The summed E-state index contributed by atoms with van der Waals surface area (Å²) in [4.78, 5) is 2.11. The zero-order chi connectivity index (χ0) is 13.1. The lowest BCUT2D eigenvalue weighted by Gasteiger charge is -2.12. The number of halogens is 1. The van der Waals surface area contributed by atoms with E-state index in [1.54, 1.807) is 6.20 Å². The molecule has 2 rings (SSSR count). The number of hydrogen-bond donors (Lipinski definition) is 1. The van der Waals surface area contributed by atoms with Gasteiger partial charge in [0.15, 0.2) is 0 Å². The van der Waals surface area contributed by atoms with E-state index in [1.807, 2.05) is 43.0 Å². The van der Waals surface area contributed by atoms with Gasteiger partial charge in [-0.3, -0.25) is 4.68 Å². The van der Waals surface area contributed by atoms with Gasteiger partial charge in [-0.05, 0) is 26.2 Å². The highest BCUT2D eigenvalue weighted by Crippen LogP contribution is 2.28. The van der Waals surface area contributed by atoms with Gasteiger partial charge in [0.25, 0.3) is 0 Å². The SMILES string of the molecule is CN(C)CCn1ncc(Cl)c1-c1cccc(N)c1. The van der Waals surface area contributed by atoms with Gasteiger partial charge in [-0.1, -0.05) is 23.7 Å². The van der Waals surface area contributed by atoms with Crippen LogP contribution in [0.25, 0.3) is 11.3 Å². The second-order valence-electron chi connectivity index (χ2n) is 4.49. The number of hydrogen-bond acceptors (Lipinski definition) is 3. The average Bonchev–Trinajstić information content (AvgIpc) is 2.68. The summed E-state index contributed by atoms with van der Waals surface area (Å²) in [6.45, 7) is 1.71. The maximum absolute atomic E-state index is 6.21. The predicted octanol–water partition coefficient (Wildman–Crippen LogP) is 2.35. The molecule has 0 atom stereocenters. The molecule has 0 radical (unpaired) electrons. The minimum absolute atomic E-state index is 0.652. The molecule has 0 fully saturated rings. The molecule has 0 saturated carbocycles. The molecule has 1 aromatic carbocycles.